The number of aryl methyl sites for hydroxylation is 1. The number of nitrogens with zero attached hydrogens (tertiary/aromatic N) is 3. The number of hydrogen-bond donors (Lipinski definition) is 1. The van der Waals surface area contributed by atoms with Crippen LogP contribution in [0.25, 0.3) is 10.2 Å². The second-order valence-electron chi connectivity index (χ2n) is 5.58. The SMILES string of the molecule is CCNc1nc(N(C)CC(C)CC)c2cc(CC)sc2n1. The number of fused-ring (bicyclic) bond motifs is 1. The van der Waals surface area contributed by atoms with Crippen molar-refractivity contribution in [2.24, 2.45) is 5.92 Å². The summed E-state index contributed by atoms with van der Waals surface area (Å²) in [5, 5.41) is 4.43. The molecular formula is C16H26N4S. The molecule has 1 N–H and O–H groups in total. The molecule has 0 fully saturated rings. The van der Waals surface area contributed by atoms with E-state index in [0.717, 1.165) is 36.1 Å². The molecule has 0 aromatic carbocycles. The third-order valence-electron chi connectivity index (χ3n) is 3.75. The standard InChI is InChI=1S/C16H26N4S/c1-6-11(4)10-20(5)14-13-9-12(7-2)21-15(13)19-16(18-14)17-8-3/h9,11H,6-8,10H2,1-5H3,(H,17,18,19). The minimum Gasteiger partial charge on any atom is -0.359 e. The van der Waals surface area contributed by atoms with Gasteiger partial charge in [0.15, 0.2) is 0 Å². The Balaban J connectivity index is 2.44. The summed E-state index contributed by atoms with van der Waals surface area (Å²) in [6.45, 7) is 10.6. The highest BCUT2D eigenvalue weighted by Gasteiger charge is 2.15. The van der Waals surface area contributed by atoms with E-state index in [2.05, 4.69) is 56.0 Å². The first-order valence-corrected chi connectivity index (χ1v) is 8.66. The zero-order valence-corrected chi connectivity index (χ0v) is 14.5. The van der Waals surface area contributed by atoms with Crippen LogP contribution in [0.4, 0.5) is 11.8 Å². The molecule has 0 radical (unpaired) electrons. The predicted octanol–water partition coefficient (Wildman–Crippen LogP) is 4.17. The van der Waals surface area contributed by atoms with E-state index in [1.165, 1.54) is 16.7 Å². The fourth-order valence-electron chi connectivity index (χ4n) is 2.34. The van der Waals surface area contributed by atoms with Crippen LogP contribution in [0.3, 0.4) is 0 Å². The number of thiophene rings is 1. The summed E-state index contributed by atoms with van der Waals surface area (Å²) in [5.74, 6) is 2.44. The normalized spacial score (nSPS) is 12.6. The molecule has 0 aliphatic rings. The Kier molecular flexibility index (Phi) is 5.39. The van der Waals surface area contributed by atoms with Gasteiger partial charge in [0.1, 0.15) is 10.6 Å². The van der Waals surface area contributed by atoms with E-state index in [0.29, 0.717) is 5.92 Å². The van der Waals surface area contributed by atoms with Gasteiger partial charge in [-0.25, -0.2) is 4.98 Å². The second kappa shape index (κ2) is 7.07. The Morgan fingerprint density at radius 1 is 1.29 bits per heavy atom. The molecule has 0 aliphatic carbocycles. The molecule has 0 spiro atoms. The Bertz CT molecular complexity index is 593. The molecule has 2 aromatic rings. The van der Waals surface area contributed by atoms with Gasteiger partial charge >= 0.3 is 0 Å². The molecule has 0 saturated heterocycles. The van der Waals surface area contributed by atoms with Gasteiger partial charge in [-0.3, -0.25) is 0 Å². The monoisotopic (exact) mass is 306 g/mol. The van der Waals surface area contributed by atoms with Crippen LogP contribution in [0.1, 0.15) is 39.0 Å². The van der Waals surface area contributed by atoms with Gasteiger partial charge in [0, 0.05) is 25.0 Å². The molecule has 4 nitrogen and oxygen atoms in total. The van der Waals surface area contributed by atoms with Gasteiger partial charge in [0.2, 0.25) is 5.95 Å². The van der Waals surface area contributed by atoms with Crippen LogP contribution in [0.2, 0.25) is 0 Å². The minimum absolute atomic E-state index is 0.659. The van der Waals surface area contributed by atoms with Crippen molar-refractivity contribution in [1.29, 1.82) is 0 Å². The van der Waals surface area contributed by atoms with Gasteiger partial charge < -0.3 is 10.2 Å². The minimum atomic E-state index is 0.659. The molecule has 2 rings (SSSR count). The Morgan fingerprint density at radius 2 is 2.05 bits per heavy atom. The summed E-state index contributed by atoms with van der Waals surface area (Å²) >= 11 is 1.78. The maximum absolute atomic E-state index is 4.74. The number of aromatic nitrogens is 2. The van der Waals surface area contributed by atoms with E-state index in [4.69, 9.17) is 4.98 Å². The van der Waals surface area contributed by atoms with Gasteiger partial charge in [-0.2, -0.15) is 4.98 Å². The molecule has 0 bridgehead atoms. The average molecular weight is 306 g/mol. The van der Waals surface area contributed by atoms with Crippen molar-refractivity contribution in [1.82, 2.24) is 9.97 Å². The van der Waals surface area contributed by atoms with Crippen molar-refractivity contribution in [3.05, 3.63) is 10.9 Å². The Labute approximate surface area is 131 Å². The number of nitrogens with one attached hydrogen (secondary N) is 1. The third kappa shape index (κ3) is 3.64. The number of anilines is 2. The van der Waals surface area contributed by atoms with Crippen LogP contribution >= 0.6 is 11.3 Å². The lowest BCUT2D eigenvalue weighted by molar-refractivity contribution is 0.558. The van der Waals surface area contributed by atoms with Crippen molar-refractivity contribution in [2.45, 2.75) is 40.5 Å². The first-order chi connectivity index (χ1) is 10.1. The molecular weight excluding hydrogens is 280 g/mol. The van der Waals surface area contributed by atoms with Crippen molar-refractivity contribution in [2.75, 3.05) is 30.4 Å². The van der Waals surface area contributed by atoms with Crippen LogP contribution in [0.5, 0.6) is 0 Å². The second-order valence-corrected chi connectivity index (χ2v) is 6.70. The first-order valence-electron chi connectivity index (χ1n) is 7.84. The van der Waals surface area contributed by atoms with E-state index < -0.39 is 0 Å². The van der Waals surface area contributed by atoms with Crippen LogP contribution in [0.15, 0.2) is 6.07 Å². The van der Waals surface area contributed by atoms with Crippen LogP contribution < -0.4 is 10.2 Å². The van der Waals surface area contributed by atoms with Gasteiger partial charge in [-0.1, -0.05) is 27.2 Å². The molecule has 0 saturated carbocycles. The predicted molar refractivity (Wildman–Crippen MR) is 93.7 cm³/mol. The highest BCUT2D eigenvalue weighted by Crippen LogP contribution is 2.32. The molecule has 2 aromatic heterocycles. The average Bonchev–Trinajstić information content (AvgIpc) is 2.89. The van der Waals surface area contributed by atoms with Crippen LogP contribution in [-0.2, 0) is 6.42 Å². The van der Waals surface area contributed by atoms with E-state index >= 15 is 0 Å². The van der Waals surface area contributed by atoms with E-state index in [-0.39, 0.29) is 0 Å². The highest BCUT2D eigenvalue weighted by molar-refractivity contribution is 7.18. The van der Waals surface area contributed by atoms with E-state index in [9.17, 15) is 0 Å². The molecule has 5 heteroatoms. The summed E-state index contributed by atoms with van der Waals surface area (Å²) in [6, 6.07) is 2.25. The fourth-order valence-corrected chi connectivity index (χ4v) is 3.30. The lowest BCUT2D eigenvalue weighted by Crippen LogP contribution is -2.25. The Morgan fingerprint density at radius 3 is 2.67 bits per heavy atom. The zero-order valence-electron chi connectivity index (χ0n) is 13.7. The quantitative estimate of drug-likeness (QED) is 0.833. The summed E-state index contributed by atoms with van der Waals surface area (Å²) in [6.07, 6.45) is 2.23. The van der Waals surface area contributed by atoms with Crippen LogP contribution in [-0.4, -0.2) is 30.1 Å². The molecule has 2 heterocycles. The zero-order chi connectivity index (χ0) is 15.4. The smallest absolute Gasteiger partial charge is 0.226 e. The summed E-state index contributed by atoms with van der Waals surface area (Å²) in [5.41, 5.74) is 0. The molecule has 116 valence electrons. The van der Waals surface area contributed by atoms with E-state index in [1.807, 2.05) is 0 Å². The fraction of sp³-hybridized carbons (Fsp3) is 0.625. The van der Waals surface area contributed by atoms with Gasteiger partial charge in [0.05, 0.1) is 5.39 Å². The van der Waals surface area contributed by atoms with Crippen molar-refractivity contribution >= 4 is 33.3 Å². The van der Waals surface area contributed by atoms with E-state index in [1.54, 1.807) is 11.3 Å². The third-order valence-corrected chi connectivity index (χ3v) is 4.92. The maximum atomic E-state index is 4.74. The highest BCUT2D eigenvalue weighted by atomic mass is 32.1. The van der Waals surface area contributed by atoms with Gasteiger partial charge in [-0.15, -0.1) is 11.3 Å². The topological polar surface area (TPSA) is 41.1 Å². The van der Waals surface area contributed by atoms with Gasteiger partial charge in [-0.05, 0) is 25.3 Å². The number of rotatable bonds is 7. The first kappa shape index (κ1) is 16.0. The summed E-state index contributed by atoms with van der Waals surface area (Å²) < 4.78 is 0. The van der Waals surface area contributed by atoms with Crippen LogP contribution in [0, 0.1) is 5.92 Å². The molecule has 0 aliphatic heterocycles. The van der Waals surface area contributed by atoms with Crippen molar-refractivity contribution < 1.29 is 0 Å². The molecule has 1 unspecified atom stereocenters. The van der Waals surface area contributed by atoms with Crippen molar-refractivity contribution in [3.8, 4) is 0 Å². The largest absolute Gasteiger partial charge is 0.359 e. The molecule has 21 heavy (non-hydrogen) atoms. The molecule has 0 amide bonds. The lowest BCUT2D eigenvalue weighted by Gasteiger charge is -2.22. The molecule has 1 atom stereocenters. The van der Waals surface area contributed by atoms with Crippen molar-refractivity contribution in [3.63, 3.8) is 0 Å². The summed E-state index contributed by atoms with van der Waals surface area (Å²) in [7, 11) is 2.13. The number of hydrogen-bond acceptors (Lipinski definition) is 5. The van der Waals surface area contributed by atoms with Gasteiger partial charge in [0.25, 0.3) is 0 Å². The lowest BCUT2D eigenvalue weighted by atomic mass is 10.1. The maximum Gasteiger partial charge on any atom is 0.226 e. The summed E-state index contributed by atoms with van der Waals surface area (Å²) in [4.78, 5) is 14.1. The Hall–Kier alpha value is -1.36.